The molecule has 0 unspecified atom stereocenters. The van der Waals surface area contributed by atoms with Crippen LogP contribution in [0.3, 0.4) is 0 Å². The summed E-state index contributed by atoms with van der Waals surface area (Å²) in [5.74, 6) is 0. The monoisotopic (exact) mass is 224 g/mol. The number of hydrogen-bond donors (Lipinski definition) is 0. The maximum absolute atomic E-state index is 3.88. The molecule has 2 radical (unpaired) electrons. The van der Waals surface area contributed by atoms with Crippen LogP contribution in [0.4, 0.5) is 0 Å². The first-order valence-corrected chi connectivity index (χ1v) is 4.45. The summed E-state index contributed by atoms with van der Waals surface area (Å²) in [4.78, 5) is 0. The van der Waals surface area contributed by atoms with Crippen LogP contribution in [0.2, 0.25) is 0 Å². The molecule has 0 fully saturated rings. The minimum atomic E-state index is 1.12. The van der Waals surface area contributed by atoms with Crippen molar-refractivity contribution in [3.63, 3.8) is 0 Å². The van der Waals surface area contributed by atoms with Gasteiger partial charge in [0.05, 0.1) is 0 Å². The van der Waals surface area contributed by atoms with E-state index in [4.69, 9.17) is 0 Å². The fourth-order valence-corrected chi connectivity index (χ4v) is 1.20. The van der Waals surface area contributed by atoms with Crippen LogP contribution < -0.4 is 0 Å². The van der Waals surface area contributed by atoms with E-state index in [2.05, 4.69) is 18.7 Å². The molecular weight excluding hydrogens is 215 g/mol. The van der Waals surface area contributed by atoms with Gasteiger partial charge in [0.1, 0.15) is 0 Å². The van der Waals surface area contributed by atoms with Gasteiger partial charge in [-0.3, -0.25) is 0 Å². The van der Waals surface area contributed by atoms with Crippen LogP contribution in [0.5, 0.6) is 0 Å². The predicted octanol–water partition coefficient (Wildman–Crippen LogP) is 1.56. The Labute approximate surface area is 68.7 Å². The maximum atomic E-state index is 3.88. The fraction of sp³-hybridized carbons (Fsp3) is 0. The molecule has 0 aliphatic heterocycles. The third kappa shape index (κ3) is 1.86. The molecule has 0 aliphatic carbocycles. The molecule has 0 aromatic heterocycles. The van der Waals surface area contributed by atoms with Gasteiger partial charge >= 0.3 is 68.6 Å². The SMILES string of the molecule is C=[C]([SnH])c1ccccc1. The van der Waals surface area contributed by atoms with Crippen molar-refractivity contribution in [1.29, 1.82) is 0 Å². The van der Waals surface area contributed by atoms with Crippen molar-refractivity contribution in [2.45, 2.75) is 0 Å². The van der Waals surface area contributed by atoms with Crippen molar-refractivity contribution in [3.05, 3.63) is 42.5 Å². The van der Waals surface area contributed by atoms with Gasteiger partial charge in [-0.1, -0.05) is 0 Å². The van der Waals surface area contributed by atoms with Gasteiger partial charge in [0.2, 0.25) is 0 Å². The first-order valence-electron chi connectivity index (χ1n) is 2.80. The van der Waals surface area contributed by atoms with E-state index in [9.17, 15) is 0 Å². The molecule has 0 saturated carbocycles. The zero-order chi connectivity index (χ0) is 6.69. The van der Waals surface area contributed by atoms with Crippen LogP contribution in [0, 0.1) is 0 Å². The Bertz CT molecular complexity index is 201. The van der Waals surface area contributed by atoms with Gasteiger partial charge in [-0.25, -0.2) is 0 Å². The van der Waals surface area contributed by atoms with E-state index < -0.39 is 0 Å². The average Bonchev–Trinajstić information content (AvgIpc) is 1.90. The molecule has 1 rings (SSSR count). The Balaban J connectivity index is 2.98. The van der Waals surface area contributed by atoms with Crippen LogP contribution in [0.1, 0.15) is 5.56 Å². The third-order valence-electron chi connectivity index (χ3n) is 1.14. The Morgan fingerprint density at radius 2 is 1.78 bits per heavy atom. The predicted molar refractivity (Wildman–Crippen MR) is 42.6 cm³/mol. The molecule has 44 valence electrons. The molecule has 0 bridgehead atoms. The fourth-order valence-electron chi connectivity index (χ4n) is 0.652. The first-order chi connectivity index (χ1) is 4.30. The van der Waals surface area contributed by atoms with Crippen molar-refractivity contribution in [2.24, 2.45) is 0 Å². The topological polar surface area (TPSA) is 0 Å². The van der Waals surface area contributed by atoms with Crippen molar-refractivity contribution >= 4 is 26.1 Å². The number of rotatable bonds is 1. The summed E-state index contributed by atoms with van der Waals surface area (Å²) in [6.45, 7) is 3.88. The summed E-state index contributed by atoms with van der Waals surface area (Å²) in [6, 6.07) is 10.3. The Kier molecular flexibility index (Phi) is 2.34. The molecule has 0 saturated heterocycles. The molecular formula is C8H8Sn. The summed E-state index contributed by atoms with van der Waals surface area (Å²) in [5, 5.41) is 0. The van der Waals surface area contributed by atoms with Crippen molar-refractivity contribution in [3.8, 4) is 0 Å². The van der Waals surface area contributed by atoms with Gasteiger partial charge < -0.3 is 0 Å². The summed E-state index contributed by atoms with van der Waals surface area (Å²) >= 11 is 1.12. The summed E-state index contributed by atoms with van der Waals surface area (Å²) < 4.78 is 1.25. The second-order valence-corrected chi connectivity index (χ2v) is 3.88. The van der Waals surface area contributed by atoms with E-state index >= 15 is 0 Å². The van der Waals surface area contributed by atoms with Crippen LogP contribution in [-0.4, -0.2) is 22.5 Å². The van der Waals surface area contributed by atoms with Gasteiger partial charge in [0.25, 0.3) is 0 Å². The van der Waals surface area contributed by atoms with Gasteiger partial charge in [-0.2, -0.15) is 0 Å². The first kappa shape index (κ1) is 6.87. The molecule has 1 heteroatoms. The number of benzene rings is 1. The van der Waals surface area contributed by atoms with Crippen LogP contribution in [-0.2, 0) is 0 Å². The molecule has 0 nitrogen and oxygen atoms in total. The van der Waals surface area contributed by atoms with Crippen molar-refractivity contribution in [2.75, 3.05) is 0 Å². The molecule has 0 amide bonds. The van der Waals surface area contributed by atoms with E-state index in [1.54, 1.807) is 0 Å². The molecule has 0 spiro atoms. The van der Waals surface area contributed by atoms with E-state index in [0.717, 1.165) is 22.5 Å². The van der Waals surface area contributed by atoms with Gasteiger partial charge in [0, 0.05) is 0 Å². The molecule has 1 aromatic carbocycles. The number of hydrogen-bond acceptors (Lipinski definition) is 0. The molecule has 0 atom stereocenters. The van der Waals surface area contributed by atoms with E-state index in [0.29, 0.717) is 0 Å². The Morgan fingerprint density at radius 1 is 1.22 bits per heavy atom. The quantitative estimate of drug-likeness (QED) is 0.633. The molecule has 0 aliphatic rings. The molecule has 9 heavy (non-hydrogen) atoms. The second-order valence-electron chi connectivity index (χ2n) is 1.89. The average molecular weight is 223 g/mol. The van der Waals surface area contributed by atoms with Crippen LogP contribution >= 0.6 is 0 Å². The zero-order valence-electron chi connectivity index (χ0n) is 5.17. The normalized spacial score (nSPS) is 9.00. The van der Waals surface area contributed by atoms with E-state index in [1.807, 2.05) is 18.2 Å². The molecule has 1 aromatic rings. The standard InChI is InChI=1S/C8H7.Sn.H/c1-2-8-6-4-3-5-7-8;;/h3-7H,1H2;;. The summed E-state index contributed by atoms with van der Waals surface area (Å²) in [5.41, 5.74) is 1.28. The van der Waals surface area contributed by atoms with Gasteiger partial charge in [0.15, 0.2) is 0 Å². The second kappa shape index (κ2) is 3.06. The molecule has 0 N–H and O–H groups in total. The third-order valence-corrected chi connectivity index (χ3v) is 2.10. The molecule has 0 heterocycles. The Hall–Kier alpha value is -0.241. The van der Waals surface area contributed by atoms with Crippen LogP contribution in [0.25, 0.3) is 3.59 Å². The van der Waals surface area contributed by atoms with Gasteiger partial charge in [-0.15, -0.1) is 0 Å². The summed E-state index contributed by atoms with van der Waals surface area (Å²) in [7, 11) is 0. The summed E-state index contributed by atoms with van der Waals surface area (Å²) in [6.07, 6.45) is 0. The van der Waals surface area contributed by atoms with Gasteiger partial charge in [-0.05, 0) is 0 Å². The zero-order valence-corrected chi connectivity index (χ0v) is 8.47. The van der Waals surface area contributed by atoms with E-state index in [-0.39, 0.29) is 0 Å². The van der Waals surface area contributed by atoms with Crippen LogP contribution in [0.15, 0.2) is 36.9 Å². The van der Waals surface area contributed by atoms with E-state index in [1.165, 1.54) is 9.15 Å². The van der Waals surface area contributed by atoms with Crippen molar-refractivity contribution < 1.29 is 0 Å². The van der Waals surface area contributed by atoms with Crippen molar-refractivity contribution in [1.82, 2.24) is 0 Å². The minimum absolute atomic E-state index is 1.12. The Morgan fingerprint density at radius 3 is 2.11 bits per heavy atom.